The topological polar surface area (TPSA) is 56.0 Å². The van der Waals surface area contributed by atoms with E-state index in [0.29, 0.717) is 16.1 Å². The molecule has 3 nitrogen and oxygen atoms in total. The van der Waals surface area contributed by atoms with Crippen LogP contribution in [0.4, 0.5) is 5.69 Å². The second kappa shape index (κ2) is 6.39. The van der Waals surface area contributed by atoms with E-state index < -0.39 is 0 Å². The Balaban J connectivity index is 1.77. The molecule has 2 N–H and O–H groups in total. The average molecular weight is 358 g/mol. The van der Waals surface area contributed by atoms with E-state index in [4.69, 9.17) is 10.7 Å². The highest BCUT2D eigenvalue weighted by Gasteiger charge is 2.19. The van der Waals surface area contributed by atoms with Gasteiger partial charge in [0.25, 0.3) is 0 Å². The van der Waals surface area contributed by atoms with Crippen molar-refractivity contribution in [3.63, 3.8) is 0 Å². The summed E-state index contributed by atoms with van der Waals surface area (Å²) >= 11 is 1.36. The number of pyridine rings is 1. The number of carbonyl (C=O) groups is 1. The zero-order chi connectivity index (χ0) is 18.3. The fourth-order valence-electron chi connectivity index (χ4n) is 2.89. The minimum Gasteiger partial charge on any atom is -0.397 e. The Bertz CT molecular complexity index is 1110. The van der Waals surface area contributed by atoms with Crippen molar-refractivity contribution >= 4 is 33.0 Å². The number of nitrogens with two attached hydrogens (primary N) is 1. The molecule has 0 radical (unpaired) electrons. The van der Waals surface area contributed by atoms with Gasteiger partial charge >= 0.3 is 0 Å². The molecule has 2 heterocycles. The normalized spacial score (nSPS) is 11.0. The Morgan fingerprint density at radius 2 is 1.50 bits per heavy atom. The Labute approximate surface area is 156 Å². The largest absolute Gasteiger partial charge is 0.397 e. The molecule has 4 rings (SSSR count). The average Bonchev–Trinajstić information content (AvgIpc) is 2.98. The van der Waals surface area contributed by atoms with Crippen LogP contribution >= 0.6 is 11.3 Å². The summed E-state index contributed by atoms with van der Waals surface area (Å²) in [5, 5.41) is 0.835. The SMILES string of the molecule is Cc1ccc(C(=O)c2sc3nc(-c4ccc(C)cc4)ccc3c2N)cc1. The Hall–Kier alpha value is -2.98. The minimum atomic E-state index is -0.0533. The summed E-state index contributed by atoms with van der Waals surface area (Å²) in [6, 6.07) is 19.7. The van der Waals surface area contributed by atoms with Crippen molar-refractivity contribution in [2.24, 2.45) is 0 Å². The zero-order valence-corrected chi connectivity index (χ0v) is 15.4. The van der Waals surface area contributed by atoms with Gasteiger partial charge < -0.3 is 5.73 Å². The summed E-state index contributed by atoms with van der Waals surface area (Å²) in [5.41, 5.74) is 11.7. The molecule has 0 amide bonds. The van der Waals surface area contributed by atoms with Crippen LogP contribution in [-0.2, 0) is 0 Å². The van der Waals surface area contributed by atoms with Crippen LogP contribution in [0.2, 0.25) is 0 Å². The third kappa shape index (κ3) is 2.89. The summed E-state index contributed by atoms with van der Waals surface area (Å²) < 4.78 is 0. The molecule has 0 aliphatic rings. The number of ketones is 1. The molecule has 2 aromatic carbocycles. The molecule has 0 saturated carbocycles. The summed E-state index contributed by atoms with van der Waals surface area (Å²) in [6.07, 6.45) is 0. The maximum Gasteiger partial charge on any atom is 0.205 e. The molecule has 0 atom stereocenters. The van der Waals surface area contributed by atoms with E-state index >= 15 is 0 Å². The number of fused-ring (bicyclic) bond motifs is 1. The van der Waals surface area contributed by atoms with Crippen molar-refractivity contribution in [1.82, 2.24) is 4.98 Å². The smallest absolute Gasteiger partial charge is 0.205 e. The number of benzene rings is 2. The van der Waals surface area contributed by atoms with Crippen molar-refractivity contribution in [2.75, 3.05) is 5.73 Å². The molecular weight excluding hydrogens is 340 g/mol. The van der Waals surface area contributed by atoms with Gasteiger partial charge in [-0.2, -0.15) is 0 Å². The molecule has 0 spiro atoms. The first-order valence-corrected chi connectivity index (χ1v) is 9.22. The van der Waals surface area contributed by atoms with Gasteiger partial charge in [-0.15, -0.1) is 11.3 Å². The molecule has 26 heavy (non-hydrogen) atoms. The lowest BCUT2D eigenvalue weighted by atomic mass is 10.1. The highest BCUT2D eigenvalue weighted by atomic mass is 32.1. The van der Waals surface area contributed by atoms with Crippen molar-refractivity contribution in [3.05, 3.63) is 82.2 Å². The first-order valence-electron chi connectivity index (χ1n) is 8.40. The lowest BCUT2D eigenvalue weighted by Crippen LogP contribution is -2.01. The predicted molar refractivity (Wildman–Crippen MR) is 109 cm³/mol. The van der Waals surface area contributed by atoms with E-state index in [0.717, 1.165) is 27.0 Å². The van der Waals surface area contributed by atoms with E-state index in [2.05, 4.69) is 31.2 Å². The maximum atomic E-state index is 12.8. The van der Waals surface area contributed by atoms with Gasteiger partial charge in [-0.05, 0) is 26.0 Å². The van der Waals surface area contributed by atoms with Gasteiger partial charge in [0, 0.05) is 16.5 Å². The van der Waals surface area contributed by atoms with Crippen LogP contribution in [0.25, 0.3) is 21.5 Å². The van der Waals surface area contributed by atoms with Crippen molar-refractivity contribution in [2.45, 2.75) is 13.8 Å². The molecule has 0 bridgehead atoms. The highest BCUT2D eigenvalue weighted by molar-refractivity contribution is 7.21. The van der Waals surface area contributed by atoms with Gasteiger partial charge in [-0.25, -0.2) is 4.98 Å². The fourth-order valence-corrected chi connectivity index (χ4v) is 3.94. The van der Waals surface area contributed by atoms with Crippen LogP contribution in [-0.4, -0.2) is 10.8 Å². The van der Waals surface area contributed by atoms with Gasteiger partial charge in [-0.1, -0.05) is 59.7 Å². The van der Waals surface area contributed by atoms with Crippen LogP contribution in [0.3, 0.4) is 0 Å². The Kier molecular flexibility index (Phi) is 4.05. The van der Waals surface area contributed by atoms with Crippen LogP contribution in [0, 0.1) is 13.8 Å². The van der Waals surface area contributed by atoms with E-state index in [1.54, 1.807) is 0 Å². The summed E-state index contributed by atoms with van der Waals surface area (Å²) in [5.74, 6) is -0.0533. The number of hydrogen-bond acceptors (Lipinski definition) is 4. The quantitative estimate of drug-likeness (QED) is 0.499. The molecule has 0 aliphatic heterocycles. The lowest BCUT2D eigenvalue weighted by Gasteiger charge is -2.02. The minimum absolute atomic E-state index is 0.0533. The number of rotatable bonds is 3. The second-order valence-electron chi connectivity index (χ2n) is 6.46. The summed E-state index contributed by atoms with van der Waals surface area (Å²) in [4.78, 5) is 18.9. The Morgan fingerprint density at radius 3 is 2.15 bits per heavy atom. The number of hydrogen-bond donors (Lipinski definition) is 1. The lowest BCUT2D eigenvalue weighted by molar-refractivity contribution is 0.104. The van der Waals surface area contributed by atoms with Gasteiger partial charge in [0.05, 0.1) is 11.4 Å². The third-order valence-electron chi connectivity index (χ3n) is 4.46. The van der Waals surface area contributed by atoms with Crippen molar-refractivity contribution in [1.29, 1.82) is 0 Å². The van der Waals surface area contributed by atoms with Crippen LogP contribution in [0.5, 0.6) is 0 Å². The molecular formula is C22H18N2OS. The predicted octanol–water partition coefficient (Wildman–Crippen LogP) is 5.39. The van der Waals surface area contributed by atoms with Gasteiger partial charge in [-0.3, -0.25) is 4.79 Å². The fraction of sp³-hybridized carbons (Fsp3) is 0.0909. The summed E-state index contributed by atoms with van der Waals surface area (Å²) in [7, 11) is 0. The van der Waals surface area contributed by atoms with E-state index in [9.17, 15) is 4.79 Å². The number of aromatic nitrogens is 1. The summed E-state index contributed by atoms with van der Waals surface area (Å²) in [6.45, 7) is 4.06. The first kappa shape index (κ1) is 16.5. The number of anilines is 1. The third-order valence-corrected chi connectivity index (χ3v) is 5.58. The van der Waals surface area contributed by atoms with Gasteiger partial charge in [0.2, 0.25) is 5.78 Å². The van der Waals surface area contributed by atoms with Crippen molar-refractivity contribution < 1.29 is 4.79 Å². The number of carbonyl (C=O) groups excluding carboxylic acids is 1. The molecule has 2 aromatic heterocycles. The highest BCUT2D eigenvalue weighted by Crippen LogP contribution is 2.35. The number of nitrogens with zero attached hydrogens (tertiary/aromatic N) is 1. The number of thiophene rings is 1. The Morgan fingerprint density at radius 1 is 0.885 bits per heavy atom. The molecule has 0 fully saturated rings. The molecule has 0 saturated heterocycles. The van der Waals surface area contributed by atoms with Crippen LogP contribution in [0.1, 0.15) is 26.4 Å². The number of nitrogen functional groups attached to an aromatic ring is 1. The molecule has 0 unspecified atom stereocenters. The standard InChI is InChI=1S/C22H18N2OS/c1-13-3-7-15(8-4-13)18-12-11-17-19(23)21(26-22(17)24-18)20(25)16-9-5-14(2)6-10-16/h3-12H,23H2,1-2H3. The van der Waals surface area contributed by atoms with Gasteiger partial charge in [0.1, 0.15) is 9.71 Å². The van der Waals surface area contributed by atoms with E-state index in [-0.39, 0.29) is 5.78 Å². The van der Waals surface area contributed by atoms with Crippen LogP contribution in [0.15, 0.2) is 60.7 Å². The molecule has 4 aromatic rings. The molecule has 0 aliphatic carbocycles. The maximum absolute atomic E-state index is 12.8. The number of aryl methyl sites for hydroxylation is 2. The first-order chi connectivity index (χ1) is 12.5. The van der Waals surface area contributed by atoms with Crippen LogP contribution < -0.4 is 5.73 Å². The van der Waals surface area contributed by atoms with E-state index in [1.807, 2.05) is 43.3 Å². The van der Waals surface area contributed by atoms with Gasteiger partial charge in [0.15, 0.2) is 0 Å². The second-order valence-corrected chi connectivity index (χ2v) is 7.45. The van der Waals surface area contributed by atoms with Crippen molar-refractivity contribution in [3.8, 4) is 11.3 Å². The molecule has 4 heteroatoms. The molecule has 128 valence electrons. The zero-order valence-electron chi connectivity index (χ0n) is 14.6. The monoisotopic (exact) mass is 358 g/mol. The van der Waals surface area contributed by atoms with E-state index in [1.165, 1.54) is 16.9 Å².